The zero-order chi connectivity index (χ0) is 13.7. The molecule has 1 aromatic carbocycles. The van der Waals surface area contributed by atoms with Gasteiger partial charge in [0.25, 0.3) is 0 Å². The van der Waals surface area contributed by atoms with Crippen molar-refractivity contribution >= 4 is 0 Å². The summed E-state index contributed by atoms with van der Waals surface area (Å²) in [6.45, 7) is 0.294. The maximum absolute atomic E-state index is 10.4. The highest BCUT2D eigenvalue weighted by molar-refractivity contribution is 5.47. The van der Waals surface area contributed by atoms with Crippen LogP contribution in [0.1, 0.15) is 37.7 Å². The van der Waals surface area contributed by atoms with E-state index in [1.165, 1.54) is 13.5 Å². The molecule has 0 unspecified atom stereocenters. The minimum atomic E-state index is -0.709. The highest BCUT2D eigenvalue weighted by atomic mass is 16.5. The van der Waals surface area contributed by atoms with Crippen molar-refractivity contribution in [2.75, 3.05) is 13.7 Å². The van der Waals surface area contributed by atoms with Crippen molar-refractivity contribution in [3.63, 3.8) is 0 Å². The van der Waals surface area contributed by atoms with Crippen LogP contribution < -0.4 is 9.47 Å². The third kappa shape index (κ3) is 3.39. The molecule has 0 heterocycles. The number of nitriles is 1. The zero-order valence-electron chi connectivity index (χ0n) is 11.2. The lowest BCUT2D eigenvalue weighted by molar-refractivity contribution is -0.0339. The first kappa shape index (κ1) is 13.7. The van der Waals surface area contributed by atoms with Gasteiger partial charge in [0.05, 0.1) is 18.3 Å². The molecule has 1 N–H and O–H groups in total. The number of methoxy groups -OCH3 is 1. The molecule has 0 radical (unpaired) electrons. The Bertz CT molecular complexity index is 473. The second kappa shape index (κ2) is 5.94. The van der Waals surface area contributed by atoms with Crippen molar-refractivity contribution < 1.29 is 14.6 Å². The minimum Gasteiger partial charge on any atom is -0.495 e. The average Bonchev–Trinajstić information content (AvgIpc) is 2.45. The fraction of sp³-hybridized carbons (Fsp3) is 0.533. The quantitative estimate of drug-likeness (QED) is 0.905. The summed E-state index contributed by atoms with van der Waals surface area (Å²) in [5, 5.41) is 19.3. The molecule has 0 aliphatic heterocycles. The Morgan fingerprint density at radius 1 is 1.32 bits per heavy atom. The Balaban J connectivity index is 2.01. The summed E-state index contributed by atoms with van der Waals surface area (Å²) in [6.07, 6.45) is 4.88. The van der Waals surface area contributed by atoms with Crippen LogP contribution >= 0.6 is 0 Å². The SMILES string of the molecule is COc1cc(OCC2(O)CCCCC2)ccc1C#N. The molecule has 2 rings (SSSR count). The molecular weight excluding hydrogens is 242 g/mol. The Morgan fingerprint density at radius 3 is 2.68 bits per heavy atom. The number of rotatable bonds is 4. The van der Waals surface area contributed by atoms with Crippen LogP contribution in [0.4, 0.5) is 0 Å². The lowest BCUT2D eigenvalue weighted by Crippen LogP contribution is -2.37. The van der Waals surface area contributed by atoms with Gasteiger partial charge >= 0.3 is 0 Å². The molecule has 1 fully saturated rings. The van der Waals surface area contributed by atoms with Crippen LogP contribution in [0.3, 0.4) is 0 Å². The van der Waals surface area contributed by atoms with Gasteiger partial charge in [-0.3, -0.25) is 0 Å². The van der Waals surface area contributed by atoms with E-state index in [1.54, 1.807) is 18.2 Å². The van der Waals surface area contributed by atoms with E-state index in [4.69, 9.17) is 14.7 Å². The average molecular weight is 261 g/mol. The lowest BCUT2D eigenvalue weighted by atomic mass is 9.85. The largest absolute Gasteiger partial charge is 0.495 e. The normalized spacial score (nSPS) is 17.5. The maximum Gasteiger partial charge on any atom is 0.140 e. The summed E-state index contributed by atoms with van der Waals surface area (Å²) in [4.78, 5) is 0. The zero-order valence-corrected chi connectivity index (χ0v) is 11.2. The van der Waals surface area contributed by atoms with E-state index in [-0.39, 0.29) is 0 Å². The molecule has 1 saturated carbocycles. The number of hydrogen-bond acceptors (Lipinski definition) is 4. The molecule has 0 bridgehead atoms. The molecule has 1 aromatic rings. The van der Waals surface area contributed by atoms with Crippen molar-refractivity contribution in [3.05, 3.63) is 23.8 Å². The molecule has 0 saturated heterocycles. The highest BCUT2D eigenvalue weighted by Gasteiger charge is 2.30. The van der Waals surface area contributed by atoms with Crippen LogP contribution in [0.5, 0.6) is 11.5 Å². The van der Waals surface area contributed by atoms with Crippen LogP contribution in [0.15, 0.2) is 18.2 Å². The summed E-state index contributed by atoms with van der Waals surface area (Å²) < 4.78 is 10.8. The summed E-state index contributed by atoms with van der Waals surface area (Å²) >= 11 is 0. The van der Waals surface area contributed by atoms with Crippen molar-refractivity contribution in [1.82, 2.24) is 0 Å². The number of hydrogen-bond donors (Lipinski definition) is 1. The van der Waals surface area contributed by atoms with Crippen molar-refractivity contribution in [2.24, 2.45) is 0 Å². The summed E-state index contributed by atoms with van der Waals surface area (Å²) in [5.41, 5.74) is -0.231. The molecule has 1 aliphatic carbocycles. The standard InChI is InChI=1S/C15H19NO3/c1-18-14-9-13(6-5-12(14)10-16)19-11-15(17)7-3-2-4-8-15/h5-6,9,17H,2-4,7-8,11H2,1H3. The van der Waals surface area contributed by atoms with Gasteiger partial charge in [-0.05, 0) is 25.0 Å². The third-order valence-corrected chi connectivity index (χ3v) is 3.59. The molecule has 19 heavy (non-hydrogen) atoms. The Hall–Kier alpha value is -1.73. The van der Waals surface area contributed by atoms with Gasteiger partial charge in [0.15, 0.2) is 0 Å². The number of benzene rings is 1. The van der Waals surface area contributed by atoms with E-state index >= 15 is 0 Å². The number of aliphatic hydroxyl groups is 1. The minimum absolute atomic E-state index is 0.294. The van der Waals surface area contributed by atoms with Crippen LogP contribution in [0.2, 0.25) is 0 Å². The summed E-state index contributed by atoms with van der Waals surface area (Å²) in [5.74, 6) is 1.12. The molecule has 4 nitrogen and oxygen atoms in total. The number of ether oxygens (including phenoxy) is 2. The summed E-state index contributed by atoms with van der Waals surface area (Å²) in [7, 11) is 1.52. The van der Waals surface area contributed by atoms with Crippen molar-refractivity contribution in [3.8, 4) is 17.6 Å². The second-order valence-corrected chi connectivity index (χ2v) is 5.05. The molecule has 1 aliphatic rings. The monoisotopic (exact) mass is 261 g/mol. The van der Waals surface area contributed by atoms with Crippen LogP contribution in [-0.2, 0) is 0 Å². The third-order valence-electron chi connectivity index (χ3n) is 3.59. The van der Waals surface area contributed by atoms with E-state index in [0.29, 0.717) is 23.7 Å². The van der Waals surface area contributed by atoms with Crippen LogP contribution in [0.25, 0.3) is 0 Å². The first-order valence-corrected chi connectivity index (χ1v) is 6.60. The summed E-state index contributed by atoms with van der Waals surface area (Å²) in [6, 6.07) is 7.14. The van der Waals surface area contributed by atoms with Gasteiger partial charge < -0.3 is 14.6 Å². The fourth-order valence-corrected chi connectivity index (χ4v) is 2.43. The van der Waals surface area contributed by atoms with Gasteiger partial charge in [-0.25, -0.2) is 0 Å². The van der Waals surface area contributed by atoms with E-state index in [9.17, 15) is 5.11 Å². The predicted octanol–water partition coefficient (Wildman–Crippen LogP) is 2.64. The van der Waals surface area contributed by atoms with Gasteiger partial charge in [0, 0.05) is 6.07 Å². The molecular formula is C15H19NO3. The maximum atomic E-state index is 10.4. The van der Waals surface area contributed by atoms with Gasteiger partial charge in [-0.2, -0.15) is 5.26 Å². The van der Waals surface area contributed by atoms with Gasteiger partial charge in [0.1, 0.15) is 24.2 Å². The molecule has 0 aromatic heterocycles. The van der Waals surface area contributed by atoms with E-state index in [2.05, 4.69) is 6.07 Å². The van der Waals surface area contributed by atoms with Crippen LogP contribution in [0, 0.1) is 11.3 Å². The Morgan fingerprint density at radius 2 is 2.05 bits per heavy atom. The molecule has 0 amide bonds. The first-order valence-electron chi connectivity index (χ1n) is 6.60. The second-order valence-electron chi connectivity index (χ2n) is 5.05. The molecule has 0 spiro atoms. The number of nitrogens with zero attached hydrogens (tertiary/aromatic N) is 1. The molecule has 0 atom stereocenters. The van der Waals surface area contributed by atoms with E-state index in [1.807, 2.05) is 0 Å². The van der Waals surface area contributed by atoms with E-state index < -0.39 is 5.60 Å². The smallest absolute Gasteiger partial charge is 0.140 e. The lowest BCUT2D eigenvalue weighted by Gasteiger charge is -2.31. The fourth-order valence-electron chi connectivity index (χ4n) is 2.43. The van der Waals surface area contributed by atoms with Gasteiger partial charge in [-0.15, -0.1) is 0 Å². The van der Waals surface area contributed by atoms with Crippen molar-refractivity contribution in [2.45, 2.75) is 37.7 Å². The van der Waals surface area contributed by atoms with E-state index in [0.717, 1.165) is 25.7 Å². The Kier molecular flexibility index (Phi) is 4.28. The predicted molar refractivity (Wildman–Crippen MR) is 71.2 cm³/mol. The highest BCUT2D eigenvalue weighted by Crippen LogP contribution is 2.30. The van der Waals surface area contributed by atoms with Gasteiger partial charge in [0.2, 0.25) is 0 Å². The van der Waals surface area contributed by atoms with Crippen molar-refractivity contribution in [1.29, 1.82) is 5.26 Å². The molecule has 102 valence electrons. The topological polar surface area (TPSA) is 62.5 Å². The van der Waals surface area contributed by atoms with Crippen LogP contribution in [-0.4, -0.2) is 24.4 Å². The molecule has 4 heteroatoms. The van der Waals surface area contributed by atoms with Gasteiger partial charge in [-0.1, -0.05) is 19.3 Å². The Labute approximate surface area is 113 Å². The first-order chi connectivity index (χ1) is 9.17.